The lowest BCUT2D eigenvalue weighted by molar-refractivity contribution is -0.118. The maximum atomic E-state index is 13.0. The summed E-state index contributed by atoms with van der Waals surface area (Å²) in [7, 11) is 0. The van der Waals surface area contributed by atoms with Crippen molar-refractivity contribution in [2.45, 2.75) is 32.1 Å². The Labute approximate surface area is 167 Å². The molecule has 28 heavy (non-hydrogen) atoms. The number of anilines is 1. The second-order valence-corrected chi connectivity index (χ2v) is 8.32. The van der Waals surface area contributed by atoms with Gasteiger partial charge < -0.3 is 14.8 Å². The molecule has 1 aromatic heterocycles. The summed E-state index contributed by atoms with van der Waals surface area (Å²) in [5.74, 6) is 1.44. The summed E-state index contributed by atoms with van der Waals surface area (Å²) in [4.78, 5) is 17.7. The van der Waals surface area contributed by atoms with Crippen molar-refractivity contribution < 1.29 is 14.3 Å². The summed E-state index contributed by atoms with van der Waals surface area (Å²) in [6, 6.07) is 12.1. The second-order valence-electron chi connectivity index (χ2n) is 7.46. The van der Waals surface area contributed by atoms with Crippen LogP contribution in [0.4, 0.5) is 5.13 Å². The molecule has 0 unspecified atom stereocenters. The van der Waals surface area contributed by atoms with Crippen molar-refractivity contribution in [2.24, 2.45) is 0 Å². The summed E-state index contributed by atoms with van der Waals surface area (Å²) < 4.78 is 10.8. The number of aryl methyl sites for hydroxylation is 2. The number of aromatic nitrogens is 1. The van der Waals surface area contributed by atoms with E-state index in [1.165, 1.54) is 22.5 Å². The first-order chi connectivity index (χ1) is 13.5. The normalized spacial score (nSPS) is 16.1. The Bertz CT molecular complexity index is 1090. The molecule has 5 nitrogen and oxygen atoms in total. The molecule has 2 aromatic carbocycles. The molecule has 2 aliphatic rings. The van der Waals surface area contributed by atoms with Crippen molar-refractivity contribution in [3.8, 4) is 22.8 Å². The van der Waals surface area contributed by atoms with Crippen LogP contribution in [0.25, 0.3) is 11.3 Å². The van der Waals surface area contributed by atoms with Crippen LogP contribution in [-0.4, -0.2) is 17.7 Å². The van der Waals surface area contributed by atoms with Gasteiger partial charge in [0.25, 0.3) is 0 Å². The third-order valence-corrected chi connectivity index (χ3v) is 6.25. The van der Waals surface area contributed by atoms with Gasteiger partial charge in [0.15, 0.2) is 16.6 Å². The molecule has 1 fully saturated rings. The van der Waals surface area contributed by atoms with Gasteiger partial charge in [0, 0.05) is 10.9 Å². The average Bonchev–Trinajstić information content (AvgIpc) is 3.14. The van der Waals surface area contributed by atoms with Crippen LogP contribution in [0.3, 0.4) is 0 Å². The number of nitrogens with one attached hydrogen (secondary N) is 1. The molecular weight excluding hydrogens is 372 g/mol. The maximum Gasteiger partial charge on any atom is 0.236 e. The predicted molar refractivity (Wildman–Crippen MR) is 109 cm³/mol. The lowest BCUT2D eigenvalue weighted by atomic mass is 9.94. The molecule has 0 spiro atoms. The van der Waals surface area contributed by atoms with Crippen molar-refractivity contribution >= 4 is 22.4 Å². The SMILES string of the molecule is Cc1ccc(-c2csc(NC(=O)C3(c4ccc5c(c4)OCO5)CC3)n2)c(C)c1. The van der Waals surface area contributed by atoms with Crippen molar-refractivity contribution in [3.05, 3.63) is 58.5 Å². The molecule has 0 saturated heterocycles. The van der Waals surface area contributed by atoms with E-state index in [0.29, 0.717) is 10.9 Å². The van der Waals surface area contributed by atoms with Gasteiger partial charge in [-0.1, -0.05) is 29.8 Å². The number of hydrogen-bond donors (Lipinski definition) is 1. The molecule has 1 aliphatic heterocycles. The first-order valence-electron chi connectivity index (χ1n) is 9.30. The number of nitrogens with zero attached hydrogens (tertiary/aromatic N) is 1. The Hall–Kier alpha value is -2.86. The van der Waals surface area contributed by atoms with Gasteiger partial charge in [-0.3, -0.25) is 4.79 Å². The number of carbonyl (C=O) groups is 1. The van der Waals surface area contributed by atoms with E-state index in [-0.39, 0.29) is 12.7 Å². The third kappa shape index (κ3) is 2.85. The van der Waals surface area contributed by atoms with E-state index in [1.807, 2.05) is 23.6 Å². The smallest absolute Gasteiger partial charge is 0.236 e. The first-order valence-corrected chi connectivity index (χ1v) is 10.2. The molecule has 142 valence electrons. The van der Waals surface area contributed by atoms with Gasteiger partial charge in [0.2, 0.25) is 12.7 Å². The zero-order chi connectivity index (χ0) is 19.3. The van der Waals surface area contributed by atoms with Crippen molar-refractivity contribution in [3.63, 3.8) is 0 Å². The van der Waals surface area contributed by atoms with Gasteiger partial charge in [-0.25, -0.2) is 4.98 Å². The molecule has 1 aliphatic carbocycles. The minimum atomic E-state index is -0.493. The molecule has 6 heteroatoms. The highest BCUT2D eigenvalue weighted by atomic mass is 32.1. The average molecular weight is 392 g/mol. The van der Waals surface area contributed by atoms with Crippen molar-refractivity contribution in [2.75, 3.05) is 12.1 Å². The Morgan fingerprint density at radius 3 is 2.71 bits per heavy atom. The van der Waals surface area contributed by atoms with Gasteiger partial charge in [-0.15, -0.1) is 11.3 Å². The zero-order valence-electron chi connectivity index (χ0n) is 15.7. The van der Waals surface area contributed by atoms with Crippen LogP contribution in [0.2, 0.25) is 0 Å². The summed E-state index contributed by atoms with van der Waals surface area (Å²) in [5, 5.41) is 5.65. The van der Waals surface area contributed by atoms with E-state index in [2.05, 4.69) is 42.3 Å². The van der Waals surface area contributed by atoms with Crippen molar-refractivity contribution in [1.29, 1.82) is 0 Å². The zero-order valence-corrected chi connectivity index (χ0v) is 16.6. The van der Waals surface area contributed by atoms with Crippen molar-refractivity contribution in [1.82, 2.24) is 4.98 Å². The van der Waals surface area contributed by atoms with E-state index in [4.69, 9.17) is 9.47 Å². The Kier molecular flexibility index (Phi) is 3.91. The van der Waals surface area contributed by atoms with E-state index in [9.17, 15) is 4.79 Å². The molecule has 0 radical (unpaired) electrons. The van der Waals surface area contributed by atoms with E-state index in [0.717, 1.165) is 35.4 Å². The minimum Gasteiger partial charge on any atom is -0.454 e. The predicted octanol–water partition coefficient (Wildman–Crippen LogP) is 4.83. The van der Waals surface area contributed by atoms with Gasteiger partial charge in [-0.05, 0) is 49.9 Å². The lowest BCUT2D eigenvalue weighted by Gasteiger charge is -2.15. The van der Waals surface area contributed by atoms with Crippen LogP contribution in [0.5, 0.6) is 11.5 Å². The van der Waals surface area contributed by atoms with Crippen LogP contribution in [-0.2, 0) is 10.2 Å². The molecule has 2 heterocycles. The fourth-order valence-electron chi connectivity index (χ4n) is 3.74. The van der Waals surface area contributed by atoms with Crippen LogP contribution in [0.1, 0.15) is 29.5 Å². The van der Waals surface area contributed by atoms with Gasteiger partial charge in [0.1, 0.15) is 0 Å². The second kappa shape index (κ2) is 6.34. The number of ether oxygens (including phenoxy) is 2. The van der Waals surface area contributed by atoms with Gasteiger partial charge in [-0.2, -0.15) is 0 Å². The molecule has 0 bridgehead atoms. The molecule has 5 rings (SSSR count). The van der Waals surface area contributed by atoms with Gasteiger partial charge in [0.05, 0.1) is 11.1 Å². The number of fused-ring (bicyclic) bond motifs is 1. The first kappa shape index (κ1) is 17.3. The van der Waals surface area contributed by atoms with Crippen LogP contribution < -0.4 is 14.8 Å². The number of carbonyl (C=O) groups excluding carboxylic acids is 1. The standard InChI is InChI=1S/C22H20N2O3S/c1-13-3-5-16(14(2)9-13)17-11-28-21(23-17)24-20(25)22(7-8-22)15-4-6-18-19(10-15)27-12-26-18/h3-6,9-11H,7-8,12H2,1-2H3,(H,23,24,25). The highest BCUT2D eigenvalue weighted by Crippen LogP contribution is 2.51. The molecule has 0 atom stereocenters. The number of benzene rings is 2. The summed E-state index contributed by atoms with van der Waals surface area (Å²) in [5.41, 5.74) is 4.88. The monoisotopic (exact) mass is 392 g/mol. The summed E-state index contributed by atoms with van der Waals surface area (Å²) in [6.07, 6.45) is 1.65. The summed E-state index contributed by atoms with van der Waals surface area (Å²) in [6.45, 7) is 4.39. The molecule has 1 amide bonds. The van der Waals surface area contributed by atoms with E-state index < -0.39 is 5.41 Å². The Balaban J connectivity index is 1.37. The number of hydrogen-bond acceptors (Lipinski definition) is 5. The number of amides is 1. The minimum absolute atomic E-state index is 0.00658. The number of rotatable bonds is 4. The van der Waals surface area contributed by atoms with E-state index >= 15 is 0 Å². The number of thiazole rings is 1. The van der Waals surface area contributed by atoms with Gasteiger partial charge >= 0.3 is 0 Å². The van der Waals surface area contributed by atoms with Crippen LogP contribution in [0, 0.1) is 13.8 Å². The fourth-order valence-corrected chi connectivity index (χ4v) is 4.44. The summed E-state index contributed by atoms with van der Waals surface area (Å²) >= 11 is 1.46. The molecule has 3 aromatic rings. The fraction of sp³-hybridized carbons (Fsp3) is 0.273. The molecule has 1 N–H and O–H groups in total. The van der Waals surface area contributed by atoms with Crippen LogP contribution in [0.15, 0.2) is 41.8 Å². The van der Waals surface area contributed by atoms with E-state index in [1.54, 1.807) is 0 Å². The lowest BCUT2D eigenvalue weighted by Crippen LogP contribution is -2.27. The molecular formula is C22H20N2O3S. The highest BCUT2D eigenvalue weighted by molar-refractivity contribution is 7.14. The highest BCUT2D eigenvalue weighted by Gasteiger charge is 2.52. The molecule has 1 saturated carbocycles. The third-order valence-electron chi connectivity index (χ3n) is 5.49. The largest absolute Gasteiger partial charge is 0.454 e. The Morgan fingerprint density at radius 1 is 1.11 bits per heavy atom. The maximum absolute atomic E-state index is 13.0. The quantitative estimate of drug-likeness (QED) is 0.691. The Morgan fingerprint density at radius 2 is 1.93 bits per heavy atom. The topological polar surface area (TPSA) is 60.5 Å². The van der Waals surface area contributed by atoms with Crippen LogP contribution >= 0.6 is 11.3 Å².